The number of para-hydroxylation sites is 2. The van der Waals surface area contributed by atoms with Crippen molar-refractivity contribution in [1.82, 2.24) is 4.90 Å². The summed E-state index contributed by atoms with van der Waals surface area (Å²) in [6, 6.07) is 7.08. The standard InChI is InChI=1S/C15H21F3N2O/c1-20-9-4-5-12(8-10-20)19-13-6-2-3-7-14(13)21-11-15(16,17)18/h2-3,6-7,12,19H,4-5,8-11H2,1H3. The van der Waals surface area contributed by atoms with Crippen molar-refractivity contribution in [3.63, 3.8) is 0 Å². The number of nitrogens with zero attached hydrogens (tertiary/aromatic N) is 1. The first-order valence-electron chi connectivity index (χ1n) is 7.18. The molecule has 1 aromatic rings. The highest BCUT2D eigenvalue weighted by Crippen LogP contribution is 2.28. The van der Waals surface area contributed by atoms with Gasteiger partial charge in [0.2, 0.25) is 0 Å². The largest absolute Gasteiger partial charge is 0.482 e. The van der Waals surface area contributed by atoms with Gasteiger partial charge < -0.3 is 15.0 Å². The fraction of sp³-hybridized carbons (Fsp3) is 0.600. The van der Waals surface area contributed by atoms with Crippen LogP contribution in [0.5, 0.6) is 5.75 Å². The number of rotatable bonds is 4. The Hall–Kier alpha value is -1.43. The number of nitrogens with one attached hydrogen (secondary N) is 1. The number of halogens is 3. The molecule has 3 nitrogen and oxygen atoms in total. The Kier molecular flexibility index (Phi) is 5.33. The molecule has 1 saturated heterocycles. The van der Waals surface area contributed by atoms with Gasteiger partial charge in [-0.3, -0.25) is 0 Å². The monoisotopic (exact) mass is 302 g/mol. The van der Waals surface area contributed by atoms with Gasteiger partial charge in [0.15, 0.2) is 6.61 Å². The molecule has 0 bridgehead atoms. The lowest BCUT2D eigenvalue weighted by Gasteiger charge is -2.20. The first-order chi connectivity index (χ1) is 9.94. The lowest BCUT2D eigenvalue weighted by atomic mass is 10.1. The van der Waals surface area contributed by atoms with E-state index in [9.17, 15) is 13.2 Å². The smallest absolute Gasteiger partial charge is 0.422 e. The number of likely N-dealkylation sites (tertiary alicyclic amines) is 1. The highest BCUT2D eigenvalue weighted by atomic mass is 19.4. The van der Waals surface area contributed by atoms with E-state index in [0.717, 1.165) is 32.4 Å². The first kappa shape index (κ1) is 15.9. The van der Waals surface area contributed by atoms with E-state index in [1.807, 2.05) is 0 Å². The Morgan fingerprint density at radius 2 is 2.00 bits per heavy atom. The Morgan fingerprint density at radius 3 is 2.76 bits per heavy atom. The van der Waals surface area contributed by atoms with E-state index in [-0.39, 0.29) is 11.8 Å². The fourth-order valence-electron chi connectivity index (χ4n) is 2.48. The van der Waals surface area contributed by atoms with Crippen molar-refractivity contribution in [2.45, 2.75) is 31.5 Å². The zero-order chi connectivity index (χ0) is 15.3. The van der Waals surface area contributed by atoms with Crippen LogP contribution < -0.4 is 10.1 Å². The number of ether oxygens (including phenoxy) is 1. The maximum atomic E-state index is 12.3. The van der Waals surface area contributed by atoms with Crippen LogP contribution >= 0.6 is 0 Å². The molecule has 0 saturated carbocycles. The highest BCUT2D eigenvalue weighted by Gasteiger charge is 2.29. The molecule has 0 spiro atoms. The predicted octanol–water partition coefficient (Wildman–Crippen LogP) is 3.52. The van der Waals surface area contributed by atoms with E-state index >= 15 is 0 Å². The summed E-state index contributed by atoms with van der Waals surface area (Å²) in [6.45, 7) is 0.784. The predicted molar refractivity (Wildman–Crippen MR) is 76.8 cm³/mol. The highest BCUT2D eigenvalue weighted by molar-refractivity contribution is 5.56. The summed E-state index contributed by atoms with van der Waals surface area (Å²) in [5.74, 6) is 0.257. The van der Waals surface area contributed by atoms with Crippen molar-refractivity contribution in [2.75, 3.05) is 32.1 Å². The molecule has 118 valence electrons. The van der Waals surface area contributed by atoms with Crippen LogP contribution in [0.4, 0.5) is 18.9 Å². The van der Waals surface area contributed by atoms with Crippen molar-refractivity contribution in [1.29, 1.82) is 0 Å². The van der Waals surface area contributed by atoms with E-state index < -0.39 is 12.8 Å². The first-order valence-corrected chi connectivity index (χ1v) is 7.18. The minimum Gasteiger partial charge on any atom is -0.482 e. The van der Waals surface area contributed by atoms with Crippen molar-refractivity contribution in [2.24, 2.45) is 0 Å². The number of hydrogen-bond donors (Lipinski definition) is 1. The molecule has 0 aromatic heterocycles. The summed E-state index contributed by atoms with van der Waals surface area (Å²) in [5, 5.41) is 3.33. The minimum atomic E-state index is -4.32. The Balaban J connectivity index is 1.99. The quantitative estimate of drug-likeness (QED) is 0.921. The molecule has 21 heavy (non-hydrogen) atoms. The van der Waals surface area contributed by atoms with E-state index in [0.29, 0.717) is 5.69 Å². The van der Waals surface area contributed by atoms with Gasteiger partial charge in [-0.1, -0.05) is 12.1 Å². The average molecular weight is 302 g/mol. The lowest BCUT2D eigenvalue weighted by Crippen LogP contribution is -2.24. The topological polar surface area (TPSA) is 24.5 Å². The molecular formula is C15H21F3N2O. The summed E-state index contributed by atoms with van der Waals surface area (Å²) in [7, 11) is 2.09. The number of benzene rings is 1. The molecule has 1 heterocycles. The van der Waals surface area contributed by atoms with Crippen LogP contribution in [0.2, 0.25) is 0 Å². The van der Waals surface area contributed by atoms with Gasteiger partial charge in [0.05, 0.1) is 5.69 Å². The zero-order valence-corrected chi connectivity index (χ0v) is 12.1. The molecule has 2 rings (SSSR count). The third-order valence-corrected chi connectivity index (χ3v) is 3.59. The zero-order valence-electron chi connectivity index (χ0n) is 12.1. The third kappa shape index (κ3) is 5.46. The molecule has 1 atom stereocenters. The van der Waals surface area contributed by atoms with Crippen LogP contribution in [0.1, 0.15) is 19.3 Å². The lowest BCUT2D eigenvalue weighted by molar-refractivity contribution is -0.153. The number of anilines is 1. The molecule has 0 radical (unpaired) electrons. The minimum absolute atomic E-state index is 0.257. The number of hydrogen-bond acceptors (Lipinski definition) is 3. The van der Waals surface area contributed by atoms with Gasteiger partial charge in [-0.25, -0.2) is 0 Å². The molecule has 1 fully saturated rings. The summed E-state index contributed by atoms with van der Waals surface area (Å²) in [6.07, 6.45) is -1.25. The van der Waals surface area contributed by atoms with Crippen LogP contribution in [-0.4, -0.2) is 43.9 Å². The molecular weight excluding hydrogens is 281 g/mol. The van der Waals surface area contributed by atoms with Crippen LogP contribution in [0.3, 0.4) is 0 Å². The van der Waals surface area contributed by atoms with E-state index in [1.165, 1.54) is 0 Å². The Bertz CT molecular complexity index is 451. The molecule has 1 N–H and O–H groups in total. The average Bonchev–Trinajstić information content (AvgIpc) is 2.62. The van der Waals surface area contributed by atoms with E-state index in [1.54, 1.807) is 24.3 Å². The van der Waals surface area contributed by atoms with Gasteiger partial charge in [0.25, 0.3) is 0 Å². The van der Waals surface area contributed by atoms with E-state index in [4.69, 9.17) is 4.74 Å². The Labute approximate surface area is 123 Å². The van der Waals surface area contributed by atoms with E-state index in [2.05, 4.69) is 17.3 Å². The van der Waals surface area contributed by atoms with Gasteiger partial charge in [0.1, 0.15) is 5.75 Å². The van der Waals surface area contributed by atoms with Gasteiger partial charge in [-0.15, -0.1) is 0 Å². The Morgan fingerprint density at radius 1 is 1.24 bits per heavy atom. The second-order valence-corrected chi connectivity index (χ2v) is 5.48. The maximum Gasteiger partial charge on any atom is 0.422 e. The number of alkyl halides is 3. The van der Waals surface area contributed by atoms with Crippen molar-refractivity contribution < 1.29 is 17.9 Å². The second kappa shape index (κ2) is 7.02. The summed E-state index contributed by atoms with van der Waals surface area (Å²) in [5.41, 5.74) is 0.635. The van der Waals surface area contributed by atoms with Crippen molar-refractivity contribution >= 4 is 5.69 Å². The van der Waals surface area contributed by atoms with Crippen LogP contribution in [-0.2, 0) is 0 Å². The van der Waals surface area contributed by atoms with Crippen molar-refractivity contribution in [3.05, 3.63) is 24.3 Å². The molecule has 0 amide bonds. The molecule has 1 aromatic carbocycles. The summed E-state index contributed by atoms with van der Waals surface area (Å²) < 4.78 is 41.7. The summed E-state index contributed by atoms with van der Waals surface area (Å²) in [4.78, 5) is 2.27. The normalized spacial score (nSPS) is 20.9. The fourth-order valence-corrected chi connectivity index (χ4v) is 2.48. The van der Waals surface area contributed by atoms with Crippen molar-refractivity contribution in [3.8, 4) is 5.75 Å². The van der Waals surface area contributed by atoms with Gasteiger partial charge in [0, 0.05) is 6.04 Å². The van der Waals surface area contributed by atoms with Gasteiger partial charge in [-0.05, 0) is 51.5 Å². The second-order valence-electron chi connectivity index (χ2n) is 5.48. The van der Waals surface area contributed by atoms with Gasteiger partial charge in [-0.2, -0.15) is 13.2 Å². The van der Waals surface area contributed by atoms with Gasteiger partial charge >= 0.3 is 6.18 Å². The molecule has 1 unspecified atom stereocenters. The molecule has 1 aliphatic rings. The maximum absolute atomic E-state index is 12.3. The SMILES string of the molecule is CN1CCCC(Nc2ccccc2OCC(F)(F)F)CC1. The van der Waals surface area contributed by atoms with Crippen LogP contribution in [0.25, 0.3) is 0 Å². The summed E-state index contributed by atoms with van der Waals surface area (Å²) >= 11 is 0. The van der Waals surface area contributed by atoms with Crippen LogP contribution in [0, 0.1) is 0 Å². The third-order valence-electron chi connectivity index (χ3n) is 3.59. The molecule has 1 aliphatic heterocycles. The molecule has 6 heteroatoms. The van der Waals surface area contributed by atoms with Crippen LogP contribution in [0.15, 0.2) is 24.3 Å². The molecule has 0 aliphatic carbocycles.